The summed E-state index contributed by atoms with van der Waals surface area (Å²) in [6, 6.07) is 156. The molecule has 13 heteroatoms. The molecule has 0 atom stereocenters. The van der Waals surface area contributed by atoms with Gasteiger partial charge in [-0.05, 0) is 151 Å². The van der Waals surface area contributed by atoms with Crippen molar-refractivity contribution in [2.24, 2.45) is 0 Å². The molecule has 0 bridgehead atoms. The highest BCUT2D eigenvalue weighted by Gasteiger charge is 2.27. The van der Waals surface area contributed by atoms with Crippen LogP contribution in [0.3, 0.4) is 0 Å². The summed E-state index contributed by atoms with van der Waals surface area (Å²) < 4.78 is 12.3. The Morgan fingerprint density at radius 2 is 0.449 bits per heavy atom. The first kappa shape index (κ1) is 79.8. The topological polar surface area (TPSA) is 93.5 Å². The fourth-order valence-electron chi connectivity index (χ4n) is 20.6. The second-order valence-electron chi connectivity index (χ2n) is 35.1. The largest absolute Gasteiger partial charge is 0.310 e. The first-order valence-corrected chi connectivity index (χ1v) is 50.3. The van der Waals surface area contributed by atoms with E-state index in [1.165, 1.54) is 151 Å². The Morgan fingerprint density at radius 1 is 0.159 bits per heavy atom. The van der Waals surface area contributed by atoms with Gasteiger partial charge in [0.05, 0.1) is 54.1 Å². The predicted octanol–water partition coefficient (Wildman–Crippen LogP) is 36.5. The maximum atomic E-state index is 5.35. The standard InChI is InChI=1S/C45H28N2S.C41H23N3S2.C39H21N3S2/c1-3-11-32-27-35(23-17-29(32)9-1)47(36-24-18-30-10-2-4-12-33(30)28-36)34-21-19-31(20-22-34)44-39-15-6-5-14-38(39)43-41(46-44)26-25-40-37-13-7-8-16-42(37)48-45(40)43;1-2-10-24(11-3-1)25-18-20-26(21-19-25)36-40-37(31-15-7-9-17-34(31)46-40)44-41(43-36)38-29-14-5-4-13-28(29)35-32(42-38)23-22-30-27-12-6-8-16-33(27)45-39(30)35;1-2-10-23-21-24(18-17-22(23)9-1)34-38-35(29-14-6-8-16-32(29)44-38)42-39(41-34)36-27-13-4-3-12-26(27)33-30(40-36)20-19-28-25-11-5-7-15-31(25)43-37(28)33/h1-28H;1-23H;1-21H. The van der Waals surface area contributed by atoms with Crippen LogP contribution in [0.15, 0.2) is 437 Å². The molecule has 10 aromatic heterocycles. The van der Waals surface area contributed by atoms with Crippen LogP contribution >= 0.6 is 56.7 Å². The van der Waals surface area contributed by atoms with Crippen molar-refractivity contribution in [2.45, 2.75) is 0 Å². The zero-order valence-electron chi connectivity index (χ0n) is 73.7. The highest BCUT2D eigenvalue weighted by Crippen LogP contribution is 2.51. The molecule has 30 rings (SSSR count). The number of anilines is 3. The molecule has 8 nitrogen and oxygen atoms in total. The third-order valence-corrected chi connectivity index (χ3v) is 33.1. The number of rotatable bonds is 9. The summed E-state index contributed by atoms with van der Waals surface area (Å²) in [6.45, 7) is 0. The van der Waals surface area contributed by atoms with Gasteiger partial charge in [0.15, 0.2) is 11.6 Å². The highest BCUT2D eigenvalue weighted by atomic mass is 32.1. The van der Waals surface area contributed by atoms with E-state index in [0.29, 0.717) is 11.6 Å². The van der Waals surface area contributed by atoms with Gasteiger partial charge in [0.25, 0.3) is 0 Å². The molecule has 10 heterocycles. The summed E-state index contributed by atoms with van der Waals surface area (Å²) in [7, 11) is 0. The number of nitrogens with zero attached hydrogens (tertiary/aromatic N) is 8. The van der Waals surface area contributed by atoms with E-state index in [-0.39, 0.29) is 0 Å². The SMILES string of the molecule is c1ccc(-c2ccc(-c3nc(-c4nc5ccc6c7ccccc7sc6c5c5ccccc45)nc4c3sc3ccccc34)cc2)cc1.c1ccc2cc(-c3nc(-c4nc5ccc6c7ccccc7sc6c5c5ccccc45)nc4c3sc3ccccc34)ccc2c1.c1ccc2cc(N(c3ccc(-c4nc5ccc6c7ccccc7sc6c5c5ccccc45)cc3)c3ccc4ccccc4c3)ccc2c1. The van der Waals surface area contributed by atoms with Crippen LogP contribution in [-0.4, -0.2) is 34.9 Å². The van der Waals surface area contributed by atoms with Crippen molar-refractivity contribution in [3.05, 3.63) is 437 Å². The van der Waals surface area contributed by atoms with Gasteiger partial charge in [-0.3, -0.25) is 0 Å². The Hall–Kier alpha value is -16.8. The van der Waals surface area contributed by atoms with E-state index in [1.807, 2.05) is 40.1 Å². The normalized spacial score (nSPS) is 11.9. The molecule has 0 aliphatic carbocycles. The van der Waals surface area contributed by atoms with E-state index in [0.717, 1.165) is 121 Å². The molecule has 0 fully saturated rings. The summed E-state index contributed by atoms with van der Waals surface area (Å²) in [5.41, 5.74) is 18.4. The minimum absolute atomic E-state index is 0.646. The summed E-state index contributed by atoms with van der Waals surface area (Å²) in [4.78, 5) is 39.6. The van der Waals surface area contributed by atoms with E-state index in [9.17, 15) is 0 Å². The molecular weight excluding hydrogens is 1770 g/mol. The van der Waals surface area contributed by atoms with E-state index in [4.69, 9.17) is 34.9 Å². The lowest BCUT2D eigenvalue weighted by Gasteiger charge is -2.26. The molecule has 0 unspecified atom stereocenters. The minimum Gasteiger partial charge on any atom is -0.310 e. The van der Waals surface area contributed by atoms with Gasteiger partial charge in [-0.25, -0.2) is 34.9 Å². The molecule has 0 saturated heterocycles. The summed E-state index contributed by atoms with van der Waals surface area (Å²) >= 11 is 9.06. The van der Waals surface area contributed by atoms with Crippen molar-refractivity contribution in [1.29, 1.82) is 0 Å². The molecule has 0 aliphatic heterocycles. The smallest absolute Gasteiger partial charge is 0.180 e. The monoisotopic (exact) mass is 1840 g/mol. The third-order valence-electron chi connectivity index (χ3n) is 27.2. The zero-order valence-corrected chi connectivity index (χ0v) is 77.8. The van der Waals surface area contributed by atoms with E-state index < -0.39 is 0 Å². The van der Waals surface area contributed by atoms with Crippen molar-refractivity contribution in [3.63, 3.8) is 0 Å². The van der Waals surface area contributed by atoms with Gasteiger partial charge < -0.3 is 4.90 Å². The summed E-state index contributed by atoms with van der Waals surface area (Å²) in [5.74, 6) is 1.30. The molecule has 0 spiro atoms. The molecule has 0 radical (unpaired) electrons. The van der Waals surface area contributed by atoms with Crippen LogP contribution < -0.4 is 4.90 Å². The Balaban J connectivity index is 0.000000102. The number of hydrogen-bond acceptors (Lipinski definition) is 13. The van der Waals surface area contributed by atoms with Crippen molar-refractivity contribution in [2.75, 3.05) is 4.90 Å². The van der Waals surface area contributed by atoms with Crippen LogP contribution in [-0.2, 0) is 0 Å². The number of pyridine rings is 3. The van der Waals surface area contributed by atoms with Crippen molar-refractivity contribution >= 4 is 272 Å². The number of hydrogen-bond donors (Lipinski definition) is 0. The highest BCUT2D eigenvalue weighted by molar-refractivity contribution is 7.28. The van der Waals surface area contributed by atoms with E-state index >= 15 is 0 Å². The van der Waals surface area contributed by atoms with Crippen molar-refractivity contribution in [3.8, 4) is 67.9 Å². The number of fused-ring (bicyclic) bond motifs is 30. The van der Waals surface area contributed by atoms with Crippen LogP contribution in [0.4, 0.5) is 17.1 Å². The van der Waals surface area contributed by atoms with Gasteiger partial charge in [0.1, 0.15) is 11.4 Å². The van der Waals surface area contributed by atoms with Gasteiger partial charge in [-0.2, -0.15) is 0 Å². The summed E-state index contributed by atoms with van der Waals surface area (Å²) in [6.07, 6.45) is 0. The lowest BCUT2D eigenvalue weighted by atomic mass is 9.98. The maximum absolute atomic E-state index is 5.35. The van der Waals surface area contributed by atoms with Crippen LogP contribution in [0.2, 0.25) is 0 Å². The van der Waals surface area contributed by atoms with Crippen LogP contribution in [0, 0.1) is 0 Å². The van der Waals surface area contributed by atoms with Crippen LogP contribution in [0.25, 0.3) is 266 Å². The Morgan fingerprint density at radius 3 is 0.884 bits per heavy atom. The van der Waals surface area contributed by atoms with Gasteiger partial charge in [0.2, 0.25) is 0 Å². The van der Waals surface area contributed by atoms with Gasteiger partial charge in [-0.1, -0.05) is 346 Å². The molecular formula is C125H72N8S5. The third kappa shape index (κ3) is 13.3. The molecule has 138 heavy (non-hydrogen) atoms. The molecule has 30 aromatic rings. The van der Waals surface area contributed by atoms with Gasteiger partial charge >= 0.3 is 0 Å². The zero-order chi connectivity index (χ0) is 90.6. The second kappa shape index (κ2) is 32.5. The Labute approximate surface area is 809 Å². The molecule has 20 aromatic carbocycles. The molecule has 0 saturated carbocycles. The average molecular weight is 1850 g/mol. The first-order chi connectivity index (χ1) is 68.4. The molecule has 0 amide bonds. The fourth-order valence-corrected chi connectivity index (χ4v) is 26.7. The Bertz CT molecular complexity index is 10200. The Kier molecular flexibility index (Phi) is 18.8. The molecule has 0 N–H and O–H groups in total. The van der Waals surface area contributed by atoms with E-state index in [2.05, 4.69) is 436 Å². The second-order valence-corrected chi connectivity index (χ2v) is 40.4. The maximum Gasteiger partial charge on any atom is 0.180 e. The van der Waals surface area contributed by atoms with Crippen molar-refractivity contribution < 1.29 is 0 Å². The molecule has 642 valence electrons. The van der Waals surface area contributed by atoms with Gasteiger partial charge in [0, 0.05) is 147 Å². The number of benzene rings is 20. The van der Waals surface area contributed by atoms with Gasteiger partial charge in [-0.15, -0.1) is 56.7 Å². The lowest BCUT2D eigenvalue weighted by Crippen LogP contribution is -2.10. The predicted molar refractivity (Wildman–Crippen MR) is 593 cm³/mol. The number of thiophene rings is 5. The van der Waals surface area contributed by atoms with Crippen LogP contribution in [0.5, 0.6) is 0 Å². The number of aromatic nitrogens is 7. The fraction of sp³-hybridized carbons (Fsp3) is 0. The average Bonchev–Trinajstić information content (AvgIpc) is 1.47. The minimum atomic E-state index is 0.646. The van der Waals surface area contributed by atoms with Crippen LogP contribution in [0.1, 0.15) is 0 Å². The lowest BCUT2D eigenvalue weighted by molar-refractivity contribution is 1.21. The van der Waals surface area contributed by atoms with Crippen molar-refractivity contribution in [1.82, 2.24) is 34.9 Å². The van der Waals surface area contributed by atoms with E-state index in [1.54, 1.807) is 22.7 Å². The first-order valence-electron chi connectivity index (χ1n) is 46.2. The molecule has 0 aliphatic rings. The quantitative estimate of drug-likeness (QED) is 0.132. The summed E-state index contributed by atoms with van der Waals surface area (Å²) in [5, 5.41) is 27.9.